The molecule has 2 aromatic rings. The van der Waals surface area contributed by atoms with Crippen LogP contribution in [0.2, 0.25) is 0 Å². The van der Waals surface area contributed by atoms with E-state index in [-0.39, 0.29) is 6.03 Å². The molecule has 6 nitrogen and oxygen atoms in total. The highest BCUT2D eigenvalue weighted by Crippen LogP contribution is 2.39. The highest BCUT2D eigenvalue weighted by molar-refractivity contribution is 5.92. The fourth-order valence-electron chi connectivity index (χ4n) is 3.50. The van der Waals surface area contributed by atoms with E-state index >= 15 is 0 Å². The highest BCUT2D eigenvalue weighted by Gasteiger charge is 2.25. The van der Waals surface area contributed by atoms with E-state index in [4.69, 9.17) is 10.6 Å². The summed E-state index contributed by atoms with van der Waals surface area (Å²) in [5.74, 6) is 0.935. The van der Waals surface area contributed by atoms with Crippen LogP contribution in [0.3, 0.4) is 0 Å². The van der Waals surface area contributed by atoms with E-state index in [1.807, 2.05) is 24.3 Å². The molecule has 0 saturated heterocycles. The second kappa shape index (κ2) is 7.98. The molecule has 1 aliphatic carbocycles. The molecule has 25 heavy (non-hydrogen) atoms. The first-order chi connectivity index (χ1) is 12.2. The Kier molecular flexibility index (Phi) is 5.50. The molecular formula is C19H24N4O2. The van der Waals surface area contributed by atoms with Crippen LogP contribution in [0.5, 0.6) is 0 Å². The number of nitrogens with one attached hydrogen (secondary N) is 1. The summed E-state index contributed by atoms with van der Waals surface area (Å²) in [6.07, 6.45) is 6.46. The number of anilines is 2. The van der Waals surface area contributed by atoms with Gasteiger partial charge in [0.15, 0.2) is 0 Å². The van der Waals surface area contributed by atoms with Crippen molar-refractivity contribution in [2.24, 2.45) is 0 Å². The third-order valence-electron chi connectivity index (χ3n) is 4.64. The van der Waals surface area contributed by atoms with Gasteiger partial charge in [0.2, 0.25) is 0 Å². The number of hydrogen-bond donors (Lipinski definition) is 2. The summed E-state index contributed by atoms with van der Waals surface area (Å²) in [5.41, 5.74) is 11.3. The van der Waals surface area contributed by atoms with Gasteiger partial charge in [0, 0.05) is 11.9 Å². The molecule has 132 valence electrons. The Bertz CT molecular complexity index is 729. The minimum atomic E-state index is -0.302. The van der Waals surface area contributed by atoms with E-state index in [1.54, 1.807) is 17.2 Å². The molecule has 2 amide bonds. The fourth-order valence-corrected chi connectivity index (χ4v) is 3.50. The van der Waals surface area contributed by atoms with Crippen LogP contribution in [0, 0.1) is 0 Å². The van der Waals surface area contributed by atoms with Crippen molar-refractivity contribution in [1.82, 2.24) is 10.5 Å². The van der Waals surface area contributed by atoms with Gasteiger partial charge in [0.05, 0.1) is 13.7 Å². The highest BCUT2D eigenvalue weighted by atomic mass is 16.6. The number of aromatic nitrogens is 1. The molecule has 1 fully saturated rings. The van der Waals surface area contributed by atoms with Crippen LogP contribution in [0.1, 0.15) is 42.7 Å². The number of benzene rings is 1. The van der Waals surface area contributed by atoms with Crippen molar-refractivity contribution in [2.75, 3.05) is 17.7 Å². The number of rotatable bonds is 5. The van der Waals surface area contributed by atoms with Crippen LogP contribution < -0.4 is 16.1 Å². The second-order valence-electron chi connectivity index (χ2n) is 6.33. The Morgan fingerprint density at radius 3 is 2.80 bits per heavy atom. The van der Waals surface area contributed by atoms with Crippen molar-refractivity contribution >= 4 is 17.5 Å². The number of nitrogens with zero attached hydrogens (tertiary/aromatic N) is 2. The van der Waals surface area contributed by atoms with Gasteiger partial charge in [-0.2, -0.15) is 0 Å². The van der Waals surface area contributed by atoms with Gasteiger partial charge in [-0.1, -0.05) is 31.0 Å². The smallest absolute Gasteiger partial charge is 0.346 e. The zero-order valence-electron chi connectivity index (χ0n) is 14.4. The van der Waals surface area contributed by atoms with Crippen LogP contribution in [0.25, 0.3) is 0 Å². The third kappa shape index (κ3) is 4.09. The van der Waals surface area contributed by atoms with Crippen molar-refractivity contribution < 1.29 is 9.63 Å². The number of urea groups is 1. The molecule has 6 heteroatoms. The number of carbonyl (C=O) groups excluding carboxylic acids is 1. The second-order valence-corrected chi connectivity index (χ2v) is 6.33. The Morgan fingerprint density at radius 2 is 2.08 bits per heavy atom. The molecule has 3 rings (SSSR count). The van der Waals surface area contributed by atoms with E-state index in [0.29, 0.717) is 18.3 Å². The fraction of sp³-hybridized carbons (Fsp3) is 0.368. The van der Waals surface area contributed by atoms with Gasteiger partial charge < -0.3 is 5.73 Å². The zero-order chi connectivity index (χ0) is 17.6. The number of carbonyl (C=O) groups is 1. The van der Waals surface area contributed by atoms with Crippen LogP contribution in [0.4, 0.5) is 16.3 Å². The minimum absolute atomic E-state index is 0.302. The summed E-state index contributed by atoms with van der Waals surface area (Å²) in [6.45, 7) is 0.394. The Labute approximate surface area is 148 Å². The number of nitrogens with two attached hydrogens (primary N) is 1. The molecule has 1 aromatic carbocycles. The molecule has 1 saturated carbocycles. The van der Waals surface area contributed by atoms with Gasteiger partial charge in [-0.25, -0.2) is 15.3 Å². The summed E-state index contributed by atoms with van der Waals surface area (Å²) >= 11 is 0. The van der Waals surface area contributed by atoms with Crippen LogP contribution in [-0.2, 0) is 11.4 Å². The van der Waals surface area contributed by atoms with Crippen LogP contribution >= 0.6 is 0 Å². The summed E-state index contributed by atoms with van der Waals surface area (Å²) in [6, 6.07) is 11.5. The van der Waals surface area contributed by atoms with E-state index in [1.165, 1.54) is 38.4 Å². The molecule has 1 aromatic heterocycles. The summed E-state index contributed by atoms with van der Waals surface area (Å²) in [5, 5.41) is 0. The van der Waals surface area contributed by atoms with Gasteiger partial charge in [-0.3, -0.25) is 9.74 Å². The standard InChI is InChI=1S/C19H24N4O2/c1-25-22-19(24)23(13-14-10-11-21-18(20)12-14)17-9-5-4-8-16(17)15-6-2-3-7-15/h4-5,8-12,15H,2-3,6-7,13H2,1H3,(H2,20,21)(H,22,24). The summed E-state index contributed by atoms with van der Waals surface area (Å²) in [4.78, 5) is 23.2. The maximum Gasteiger partial charge on any atom is 0.346 e. The first kappa shape index (κ1) is 17.2. The van der Waals surface area contributed by atoms with Crippen molar-refractivity contribution in [3.63, 3.8) is 0 Å². The molecule has 0 unspecified atom stereocenters. The summed E-state index contributed by atoms with van der Waals surface area (Å²) < 4.78 is 0. The molecule has 1 aliphatic rings. The Morgan fingerprint density at radius 1 is 1.32 bits per heavy atom. The van der Waals surface area contributed by atoms with Crippen LogP contribution in [0.15, 0.2) is 42.6 Å². The largest absolute Gasteiger partial charge is 0.384 e. The molecule has 3 N–H and O–H groups in total. The lowest BCUT2D eigenvalue weighted by molar-refractivity contribution is 0.110. The lowest BCUT2D eigenvalue weighted by Gasteiger charge is -2.27. The van der Waals surface area contributed by atoms with Crippen molar-refractivity contribution in [3.8, 4) is 0 Å². The number of nitrogen functional groups attached to an aromatic ring is 1. The minimum Gasteiger partial charge on any atom is -0.384 e. The van der Waals surface area contributed by atoms with E-state index in [2.05, 4.69) is 16.5 Å². The number of hydrogen-bond acceptors (Lipinski definition) is 4. The quantitative estimate of drug-likeness (QED) is 0.815. The Balaban J connectivity index is 1.95. The monoisotopic (exact) mass is 340 g/mol. The maximum absolute atomic E-state index is 12.6. The molecule has 0 radical (unpaired) electrons. The first-order valence-corrected chi connectivity index (χ1v) is 8.59. The number of amides is 2. The molecule has 0 bridgehead atoms. The number of hydroxylamine groups is 1. The molecule has 0 atom stereocenters. The average Bonchev–Trinajstić information content (AvgIpc) is 3.14. The molecular weight excluding hydrogens is 316 g/mol. The predicted molar refractivity (Wildman–Crippen MR) is 98.0 cm³/mol. The normalized spacial score (nSPS) is 14.4. The first-order valence-electron chi connectivity index (χ1n) is 8.59. The van der Waals surface area contributed by atoms with Crippen molar-refractivity contribution in [3.05, 3.63) is 53.7 Å². The van der Waals surface area contributed by atoms with Crippen molar-refractivity contribution in [2.45, 2.75) is 38.1 Å². The van der Waals surface area contributed by atoms with Gasteiger partial charge in [-0.15, -0.1) is 0 Å². The van der Waals surface area contributed by atoms with Gasteiger partial charge in [-0.05, 0) is 48.1 Å². The van der Waals surface area contributed by atoms with Gasteiger partial charge in [0.1, 0.15) is 5.82 Å². The average molecular weight is 340 g/mol. The zero-order valence-corrected chi connectivity index (χ0v) is 14.4. The van der Waals surface area contributed by atoms with E-state index < -0.39 is 0 Å². The van der Waals surface area contributed by atoms with Crippen LogP contribution in [-0.4, -0.2) is 18.1 Å². The SMILES string of the molecule is CONC(=O)N(Cc1ccnc(N)c1)c1ccccc1C1CCCC1. The maximum atomic E-state index is 12.6. The predicted octanol–water partition coefficient (Wildman–Crippen LogP) is 3.60. The molecule has 0 spiro atoms. The lowest BCUT2D eigenvalue weighted by atomic mass is 9.95. The van der Waals surface area contributed by atoms with E-state index in [9.17, 15) is 4.79 Å². The number of pyridine rings is 1. The summed E-state index contributed by atoms with van der Waals surface area (Å²) in [7, 11) is 1.43. The molecule has 1 heterocycles. The van der Waals surface area contributed by atoms with Gasteiger partial charge in [0.25, 0.3) is 0 Å². The van der Waals surface area contributed by atoms with Crippen molar-refractivity contribution in [1.29, 1.82) is 0 Å². The van der Waals surface area contributed by atoms with E-state index in [0.717, 1.165) is 11.3 Å². The Hall–Kier alpha value is -2.60. The van der Waals surface area contributed by atoms with Gasteiger partial charge >= 0.3 is 6.03 Å². The molecule has 0 aliphatic heterocycles. The number of para-hydroxylation sites is 1. The topological polar surface area (TPSA) is 80.5 Å². The lowest BCUT2D eigenvalue weighted by Crippen LogP contribution is -2.39. The third-order valence-corrected chi connectivity index (χ3v) is 4.64.